The molecule has 6 N–H and O–H groups in total. The van der Waals surface area contributed by atoms with E-state index in [0.29, 0.717) is 0 Å². The molecule has 22 heteroatoms. The van der Waals surface area contributed by atoms with Crippen LogP contribution in [0.4, 0.5) is 0 Å². The zero-order valence-electron chi connectivity index (χ0n) is 13.1. The largest absolute Gasteiger partial charge is 0.542 e. The van der Waals surface area contributed by atoms with Crippen molar-refractivity contribution in [1.82, 2.24) is 0 Å². The van der Waals surface area contributed by atoms with E-state index in [-0.39, 0.29) is 0 Å². The lowest BCUT2D eigenvalue weighted by atomic mass is 11.8. The SMILES string of the molecule is CO[SiH](C)C.O=[Si](O)[Si]([Si](=O)O)([Si](=O)O)[Si]([Si](=O)O)([Si](=O)O)[Si](=O)O. The maximum atomic E-state index is 11.4. The molecule has 0 fully saturated rings. The molecule has 0 aliphatic rings. The van der Waals surface area contributed by atoms with Crippen molar-refractivity contribution in [3.05, 3.63) is 0 Å². The van der Waals surface area contributed by atoms with Gasteiger partial charge in [0.05, 0.1) is 0 Å². The van der Waals surface area contributed by atoms with Gasteiger partial charge in [0.15, 0.2) is 9.04 Å². The smallest absolute Gasteiger partial charge is 0.483 e. The van der Waals surface area contributed by atoms with Crippen molar-refractivity contribution in [3.8, 4) is 0 Å². The monoisotopic (exact) mass is 512 g/mol. The van der Waals surface area contributed by atoms with Gasteiger partial charge >= 0.3 is 63.0 Å². The molecule has 0 spiro atoms. The van der Waals surface area contributed by atoms with Crippen LogP contribution in [0.1, 0.15) is 0 Å². The summed E-state index contributed by atoms with van der Waals surface area (Å²) in [6.07, 6.45) is -11.2. The fourth-order valence-corrected chi connectivity index (χ4v) is 92.8. The molecule has 13 nitrogen and oxygen atoms in total. The first kappa shape index (κ1) is 26.7. The minimum absolute atomic E-state index is 0.650. The summed E-state index contributed by atoms with van der Waals surface area (Å²) in [6, 6.07) is 0. The first-order valence-electron chi connectivity index (χ1n) is 6.12. The summed E-state index contributed by atoms with van der Waals surface area (Å²) in [5.41, 5.74) is 0. The third kappa shape index (κ3) is 5.03. The molecular weight excluding hydrogens is 497 g/mol. The van der Waals surface area contributed by atoms with E-state index in [1.807, 2.05) is 0 Å². The van der Waals surface area contributed by atoms with Gasteiger partial charge in [-0.25, -0.2) is 0 Å². The second kappa shape index (κ2) is 10.6. The van der Waals surface area contributed by atoms with E-state index in [1.54, 1.807) is 7.11 Å². The van der Waals surface area contributed by atoms with Crippen LogP contribution in [0.2, 0.25) is 13.1 Å². The van der Waals surface area contributed by atoms with Gasteiger partial charge in [0.2, 0.25) is 0 Å². The van der Waals surface area contributed by atoms with Crippen LogP contribution >= 0.6 is 0 Å². The van der Waals surface area contributed by atoms with Crippen molar-refractivity contribution in [2.75, 3.05) is 7.11 Å². The number of hydrogen-bond acceptors (Lipinski definition) is 7. The molecule has 0 bridgehead atoms. The van der Waals surface area contributed by atoms with Crippen molar-refractivity contribution in [2.45, 2.75) is 13.1 Å². The summed E-state index contributed by atoms with van der Waals surface area (Å²) in [6.45, 7) is 4.28. The molecule has 0 aromatic rings. The Morgan fingerprint density at radius 2 is 0.720 bits per heavy atom. The lowest BCUT2D eigenvalue weighted by molar-refractivity contribution is 0.430. The summed E-state index contributed by atoms with van der Waals surface area (Å²) in [4.78, 5) is 54.9. The third-order valence-corrected chi connectivity index (χ3v) is 98.9. The second-order valence-corrected chi connectivity index (χ2v) is 57.5. The van der Waals surface area contributed by atoms with Crippen LogP contribution in [0, 0.1) is 0 Å². The van der Waals surface area contributed by atoms with Crippen molar-refractivity contribution >= 4 is 72.0 Å². The van der Waals surface area contributed by atoms with Gasteiger partial charge in [-0.1, -0.05) is 0 Å². The Morgan fingerprint density at radius 1 is 0.600 bits per heavy atom. The lowest BCUT2D eigenvalue weighted by Crippen LogP contribution is -2.91. The van der Waals surface area contributed by atoms with Crippen LogP contribution in [0.3, 0.4) is 0 Å². The Labute approximate surface area is 152 Å². The summed E-state index contributed by atoms with van der Waals surface area (Å²) < 4.78 is 73.1. The van der Waals surface area contributed by atoms with Crippen LogP contribution in [-0.4, -0.2) is 108 Å². The topological polar surface area (TPSA) is 233 Å². The Hall–Kier alpha value is -0.488. The molecule has 0 aromatic heterocycles. The number of rotatable bonds is 8. The predicted molar refractivity (Wildman–Crippen MR) is 89.3 cm³/mol. The maximum absolute atomic E-state index is 11.4. The van der Waals surface area contributed by atoms with Crippen LogP contribution in [0.25, 0.3) is 0 Å². The lowest BCUT2D eigenvalue weighted by Gasteiger charge is -2.23. The fourth-order valence-electron chi connectivity index (χ4n) is 1.51. The van der Waals surface area contributed by atoms with Gasteiger partial charge in [-0.05, 0) is 13.1 Å². The maximum Gasteiger partial charge on any atom is 0.483 e. The highest BCUT2D eigenvalue weighted by Gasteiger charge is 2.91. The van der Waals surface area contributed by atoms with E-state index in [1.165, 1.54) is 0 Å². The Balaban J connectivity index is 0. The fraction of sp³-hybridized carbons (Fsp3) is 1.00. The molecule has 0 saturated heterocycles. The van der Waals surface area contributed by atoms with E-state index in [4.69, 9.17) is 33.2 Å². The van der Waals surface area contributed by atoms with Crippen molar-refractivity contribution in [1.29, 1.82) is 0 Å². The molecule has 0 heterocycles. The molecular formula is C3H16O13Si9. The predicted octanol–water partition coefficient (Wildman–Crippen LogP) is -6.48. The van der Waals surface area contributed by atoms with E-state index in [0.717, 1.165) is 0 Å². The van der Waals surface area contributed by atoms with Crippen molar-refractivity contribution < 1.29 is 60.0 Å². The van der Waals surface area contributed by atoms with Crippen molar-refractivity contribution in [2.24, 2.45) is 0 Å². The first-order chi connectivity index (χ1) is 11.2. The highest BCUT2D eigenvalue weighted by atomic mass is 30.4. The second-order valence-electron chi connectivity index (χ2n) is 4.62. The van der Waals surface area contributed by atoms with Crippen LogP contribution in [0.15, 0.2) is 0 Å². The first-order valence-corrected chi connectivity index (χ1v) is 28.0. The molecule has 0 amide bonds. The standard InChI is InChI=1S/C3H10OSi.H6O12Si8/c1-4-5(2)3;1-13(2)19(14(3)4,15(5)6)20(16(7)8,17(9)10)18(11)12/h5H,1-3H3;1,3,5,7,9,11H. The average Bonchev–Trinajstić information content (AvgIpc) is 2.41. The highest BCUT2D eigenvalue weighted by Crippen LogP contribution is 2.18. The van der Waals surface area contributed by atoms with Gasteiger partial charge < -0.3 is 60.0 Å². The molecule has 142 valence electrons. The zero-order chi connectivity index (χ0) is 20.7. The minimum atomic E-state index is -5.60. The molecule has 0 aliphatic heterocycles. The average molecular weight is 513 g/mol. The quantitative estimate of drug-likeness (QED) is 0.166. The summed E-state index contributed by atoms with van der Waals surface area (Å²) >= 11 is 0. The molecule has 25 heavy (non-hydrogen) atoms. The van der Waals surface area contributed by atoms with Gasteiger partial charge in [0, 0.05) is 7.11 Å². The Bertz CT molecular complexity index is 477. The molecule has 0 saturated carbocycles. The molecule has 0 aliphatic carbocycles. The summed E-state index contributed by atoms with van der Waals surface area (Å²) in [7, 11) is -25.9. The van der Waals surface area contributed by atoms with E-state index >= 15 is 0 Å². The Morgan fingerprint density at radius 3 is 0.760 bits per heavy atom. The van der Waals surface area contributed by atoms with E-state index in [2.05, 4.69) is 13.1 Å². The molecule has 0 unspecified atom stereocenters. The summed E-state index contributed by atoms with van der Waals surface area (Å²) in [5, 5.41) is 0. The third-order valence-electron chi connectivity index (χ3n) is 2.96. The van der Waals surface area contributed by atoms with Crippen LogP contribution in [-0.2, 0) is 31.2 Å². The highest BCUT2D eigenvalue weighted by molar-refractivity contribution is 8.14. The minimum Gasteiger partial charge on any atom is -0.542 e. The zero-order valence-corrected chi connectivity index (χ0v) is 22.3. The van der Waals surface area contributed by atoms with E-state index in [9.17, 15) is 26.8 Å². The van der Waals surface area contributed by atoms with Crippen LogP contribution < -0.4 is 0 Å². The molecule has 0 atom stereocenters. The molecule has 0 radical (unpaired) electrons. The summed E-state index contributed by atoms with van der Waals surface area (Å²) in [5.74, 6) is 0. The molecule has 0 aromatic carbocycles. The van der Waals surface area contributed by atoms with Gasteiger partial charge in [0.25, 0.3) is 0 Å². The number of hydrogen-bond donors (Lipinski definition) is 6. The molecule has 0 rings (SSSR count). The normalized spacial score (nSPS) is 11.0. The van der Waals surface area contributed by atoms with Gasteiger partial charge in [-0.15, -0.1) is 0 Å². The van der Waals surface area contributed by atoms with E-state index < -0.39 is 72.0 Å². The van der Waals surface area contributed by atoms with Gasteiger partial charge in [-0.2, -0.15) is 0 Å². The van der Waals surface area contributed by atoms with Crippen LogP contribution in [0.5, 0.6) is 0 Å². The van der Waals surface area contributed by atoms with Crippen molar-refractivity contribution in [3.63, 3.8) is 0 Å². The van der Waals surface area contributed by atoms with Gasteiger partial charge in [0.1, 0.15) is 0 Å². The van der Waals surface area contributed by atoms with Gasteiger partial charge in [-0.3, -0.25) is 0 Å². The Kier molecular flexibility index (Phi) is 11.3.